The lowest BCUT2D eigenvalue weighted by atomic mass is 9.94. The molecule has 1 aromatic heterocycles. The van der Waals surface area contributed by atoms with E-state index in [1.165, 1.54) is 4.90 Å². The molecular formula is C29H28N2O5. The monoisotopic (exact) mass is 484 g/mol. The first-order chi connectivity index (χ1) is 17.2. The van der Waals surface area contributed by atoms with E-state index >= 15 is 0 Å². The number of nitrogens with zero attached hydrogens (tertiary/aromatic N) is 2. The van der Waals surface area contributed by atoms with Crippen molar-refractivity contribution >= 4 is 29.1 Å². The van der Waals surface area contributed by atoms with Crippen LogP contribution in [-0.2, 0) is 25.5 Å². The molecule has 0 radical (unpaired) electrons. The fourth-order valence-corrected chi connectivity index (χ4v) is 4.33. The van der Waals surface area contributed by atoms with E-state index in [4.69, 9.17) is 4.74 Å². The molecule has 0 aliphatic carbocycles. The van der Waals surface area contributed by atoms with Gasteiger partial charge in [0.1, 0.15) is 5.76 Å². The highest BCUT2D eigenvalue weighted by molar-refractivity contribution is 6.51. The van der Waals surface area contributed by atoms with Crippen LogP contribution in [0.3, 0.4) is 0 Å². The number of amides is 1. The number of pyridine rings is 1. The van der Waals surface area contributed by atoms with Crippen molar-refractivity contribution in [3.63, 3.8) is 0 Å². The molecule has 184 valence electrons. The number of carbonyl (C=O) groups is 3. The predicted octanol–water partition coefficient (Wildman–Crippen LogP) is 4.82. The van der Waals surface area contributed by atoms with Crippen molar-refractivity contribution in [2.24, 2.45) is 0 Å². The number of aromatic nitrogens is 1. The zero-order valence-corrected chi connectivity index (χ0v) is 20.7. The van der Waals surface area contributed by atoms with Gasteiger partial charge in [-0.05, 0) is 68.7 Å². The second-order valence-corrected chi connectivity index (χ2v) is 9.16. The molecule has 1 amide bonds. The number of aryl methyl sites for hydroxylation is 2. The summed E-state index contributed by atoms with van der Waals surface area (Å²) in [5, 5.41) is 11.3. The smallest absolute Gasteiger partial charge is 0.310 e. The van der Waals surface area contributed by atoms with Crippen LogP contribution in [0, 0.1) is 13.8 Å². The van der Waals surface area contributed by atoms with Gasteiger partial charge in [-0.25, -0.2) is 0 Å². The Bertz CT molecular complexity index is 1340. The minimum Gasteiger partial charge on any atom is -0.507 e. The number of carbonyl (C=O) groups excluding carboxylic acids is 3. The quantitative estimate of drug-likeness (QED) is 0.233. The lowest BCUT2D eigenvalue weighted by molar-refractivity contribution is -0.146. The Labute approximate surface area is 210 Å². The van der Waals surface area contributed by atoms with Crippen molar-refractivity contribution in [1.29, 1.82) is 0 Å². The summed E-state index contributed by atoms with van der Waals surface area (Å²) in [5.74, 6) is -2.09. The number of esters is 1. The molecule has 0 saturated carbocycles. The average Bonchev–Trinajstić information content (AvgIpc) is 3.11. The molecule has 1 aliphatic rings. The van der Waals surface area contributed by atoms with Gasteiger partial charge in [0, 0.05) is 23.6 Å². The summed E-state index contributed by atoms with van der Waals surface area (Å²) in [6, 6.07) is 15.0. The number of rotatable bonds is 6. The Morgan fingerprint density at radius 2 is 1.81 bits per heavy atom. The minimum absolute atomic E-state index is 0.00582. The summed E-state index contributed by atoms with van der Waals surface area (Å²) in [6.07, 6.45) is 3.07. The number of benzene rings is 2. The number of anilines is 1. The Balaban J connectivity index is 1.79. The number of ether oxygens (including phenoxy) is 1. The number of aliphatic hydroxyl groups is 1. The molecule has 1 N–H and O–H groups in total. The second kappa shape index (κ2) is 10.2. The lowest BCUT2D eigenvalue weighted by Gasteiger charge is -2.25. The van der Waals surface area contributed by atoms with E-state index in [2.05, 4.69) is 4.98 Å². The first-order valence-corrected chi connectivity index (χ1v) is 11.7. The standard InChI is InChI=1S/C29H28N2O5/c1-17(2)36-24(32)15-20-9-11-22(12-10-20)31-26(21-6-5-13-30-16-21)25(28(34)29(31)35)27(33)23-14-18(3)7-8-19(23)4/h5-14,16-17,26,33H,15H2,1-4H3/b27-25+. The van der Waals surface area contributed by atoms with Gasteiger partial charge in [0.2, 0.25) is 0 Å². The minimum atomic E-state index is -0.865. The maximum Gasteiger partial charge on any atom is 0.310 e. The first-order valence-electron chi connectivity index (χ1n) is 11.7. The van der Waals surface area contributed by atoms with Crippen LogP contribution in [0.5, 0.6) is 0 Å². The largest absolute Gasteiger partial charge is 0.507 e. The van der Waals surface area contributed by atoms with E-state index in [1.54, 1.807) is 68.7 Å². The predicted molar refractivity (Wildman–Crippen MR) is 136 cm³/mol. The molecule has 0 bridgehead atoms. The fourth-order valence-electron chi connectivity index (χ4n) is 4.33. The summed E-state index contributed by atoms with van der Waals surface area (Å²) in [7, 11) is 0. The molecule has 1 atom stereocenters. The normalized spacial score (nSPS) is 17.0. The van der Waals surface area contributed by atoms with Crippen LogP contribution in [0.4, 0.5) is 5.69 Å². The average molecular weight is 485 g/mol. The van der Waals surface area contributed by atoms with Crippen molar-refractivity contribution in [1.82, 2.24) is 4.98 Å². The maximum absolute atomic E-state index is 13.3. The Kier molecular flexibility index (Phi) is 7.01. The van der Waals surface area contributed by atoms with E-state index in [0.29, 0.717) is 22.4 Å². The van der Waals surface area contributed by atoms with Gasteiger partial charge in [-0.3, -0.25) is 24.3 Å². The van der Waals surface area contributed by atoms with Crippen LogP contribution in [0.2, 0.25) is 0 Å². The number of aliphatic hydroxyl groups excluding tert-OH is 1. The summed E-state index contributed by atoms with van der Waals surface area (Å²) in [4.78, 5) is 44.2. The molecule has 2 heterocycles. The number of hydrogen-bond donors (Lipinski definition) is 1. The topological polar surface area (TPSA) is 96.8 Å². The zero-order valence-electron chi connectivity index (χ0n) is 20.7. The SMILES string of the molecule is Cc1ccc(C)c(/C(O)=C2\C(=O)C(=O)N(c3ccc(CC(=O)OC(C)C)cc3)C2c2cccnc2)c1. The second-order valence-electron chi connectivity index (χ2n) is 9.16. The van der Waals surface area contributed by atoms with Crippen molar-refractivity contribution in [3.05, 3.63) is 100 Å². The van der Waals surface area contributed by atoms with Gasteiger partial charge in [0.05, 0.1) is 24.1 Å². The number of ketones is 1. The molecule has 1 saturated heterocycles. The van der Waals surface area contributed by atoms with E-state index in [0.717, 1.165) is 11.1 Å². The van der Waals surface area contributed by atoms with Gasteiger partial charge in [0.25, 0.3) is 11.7 Å². The van der Waals surface area contributed by atoms with Crippen LogP contribution in [0.15, 0.2) is 72.6 Å². The molecule has 7 heteroatoms. The third-order valence-electron chi connectivity index (χ3n) is 6.02. The van der Waals surface area contributed by atoms with Gasteiger partial charge in [-0.15, -0.1) is 0 Å². The van der Waals surface area contributed by atoms with Crippen molar-refractivity contribution in [2.75, 3.05) is 4.90 Å². The third-order valence-corrected chi connectivity index (χ3v) is 6.02. The molecule has 36 heavy (non-hydrogen) atoms. The van der Waals surface area contributed by atoms with Crippen LogP contribution >= 0.6 is 0 Å². The van der Waals surface area contributed by atoms with Gasteiger partial charge < -0.3 is 9.84 Å². The Morgan fingerprint density at radius 1 is 1.08 bits per heavy atom. The van der Waals surface area contributed by atoms with Gasteiger partial charge in [-0.1, -0.05) is 35.9 Å². The summed E-state index contributed by atoms with van der Waals surface area (Å²) >= 11 is 0. The first kappa shape index (κ1) is 24.9. The highest BCUT2D eigenvalue weighted by atomic mass is 16.5. The van der Waals surface area contributed by atoms with E-state index in [9.17, 15) is 19.5 Å². The molecule has 0 spiro atoms. The summed E-state index contributed by atoms with van der Waals surface area (Å²) in [6.45, 7) is 7.31. The number of hydrogen-bond acceptors (Lipinski definition) is 6. The molecule has 4 rings (SSSR count). The van der Waals surface area contributed by atoms with Gasteiger partial charge in [-0.2, -0.15) is 0 Å². The molecule has 1 unspecified atom stereocenters. The number of Topliss-reactive ketones (excluding diaryl/α,β-unsaturated/α-hetero) is 1. The highest BCUT2D eigenvalue weighted by Gasteiger charge is 2.47. The third kappa shape index (κ3) is 4.91. The van der Waals surface area contributed by atoms with Crippen molar-refractivity contribution in [3.8, 4) is 0 Å². The van der Waals surface area contributed by atoms with Crippen LogP contribution in [-0.4, -0.2) is 33.9 Å². The van der Waals surface area contributed by atoms with Crippen LogP contribution < -0.4 is 4.90 Å². The molecule has 2 aromatic carbocycles. The fraction of sp³-hybridized carbons (Fsp3) is 0.241. The van der Waals surface area contributed by atoms with E-state index in [1.807, 2.05) is 26.0 Å². The van der Waals surface area contributed by atoms with Crippen molar-refractivity contribution < 1.29 is 24.2 Å². The molecule has 7 nitrogen and oxygen atoms in total. The Hall–Kier alpha value is -4.26. The maximum atomic E-state index is 13.3. The van der Waals surface area contributed by atoms with Crippen LogP contribution in [0.1, 0.15) is 47.7 Å². The highest BCUT2D eigenvalue weighted by Crippen LogP contribution is 2.42. The molecule has 1 aliphatic heterocycles. The summed E-state index contributed by atoms with van der Waals surface area (Å²) in [5.41, 5.74) is 3.98. The zero-order chi connectivity index (χ0) is 26.0. The van der Waals surface area contributed by atoms with Gasteiger partial charge in [0.15, 0.2) is 0 Å². The molecular weight excluding hydrogens is 456 g/mol. The van der Waals surface area contributed by atoms with Crippen LogP contribution in [0.25, 0.3) is 5.76 Å². The Morgan fingerprint density at radius 3 is 2.44 bits per heavy atom. The molecule has 3 aromatic rings. The van der Waals surface area contributed by atoms with E-state index < -0.39 is 17.7 Å². The lowest BCUT2D eigenvalue weighted by Crippen LogP contribution is -2.29. The van der Waals surface area contributed by atoms with Crippen molar-refractivity contribution in [2.45, 2.75) is 46.3 Å². The summed E-state index contributed by atoms with van der Waals surface area (Å²) < 4.78 is 5.20. The van der Waals surface area contributed by atoms with Gasteiger partial charge >= 0.3 is 5.97 Å². The molecule has 1 fully saturated rings. The van der Waals surface area contributed by atoms with E-state index in [-0.39, 0.29) is 29.8 Å².